The van der Waals surface area contributed by atoms with Crippen molar-refractivity contribution in [3.63, 3.8) is 0 Å². The van der Waals surface area contributed by atoms with E-state index in [0.717, 1.165) is 25.7 Å². The molecule has 0 saturated carbocycles. The van der Waals surface area contributed by atoms with Crippen LogP contribution in [0, 0.1) is 0 Å². The molecule has 2 amide bonds. The summed E-state index contributed by atoms with van der Waals surface area (Å²) in [5.41, 5.74) is 0. The molecule has 2 rings (SSSR count). The van der Waals surface area contributed by atoms with E-state index in [-0.39, 0.29) is 30.6 Å². The third-order valence-electron chi connectivity index (χ3n) is 4.45. The van der Waals surface area contributed by atoms with Crippen molar-refractivity contribution in [2.75, 3.05) is 6.54 Å². The molecule has 19 heavy (non-hydrogen) atoms. The molecule has 0 bridgehead atoms. The number of rotatable bonds is 2. The number of carboxylic acid groups (broad SMARTS) is 1. The highest BCUT2D eigenvalue weighted by Crippen LogP contribution is 2.28. The second-order valence-electron chi connectivity index (χ2n) is 5.91. The molecular weight excluding hydrogens is 244 g/mol. The fourth-order valence-corrected chi connectivity index (χ4v) is 3.45. The summed E-state index contributed by atoms with van der Waals surface area (Å²) in [6.07, 6.45) is 5.07. The van der Waals surface area contributed by atoms with Crippen molar-refractivity contribution in [2.45, 2.75) is 70.5 Å². The van der Waals surface area contributed by atoms with E-state index in [0.29, 0.717) is 6.54 Å². The number of nitrogens with zero attached hydrogens (tertiary/aromatic N) is 2. The first-order chi connectivity index (χ1) is 9.00. The highest BCUT2D eigenvalue weighted by molar-refractivity contribution is 5.77. The quantitative estimate of drug-likeness (QED) is 0.836. The van der Waals surface area contributed by atoms with Gasteiger partial charge >= 0.3 is 12.0 Å². The molecule has 0 radical (unpaired) electrons. The first-order valence-corrected chi connectivity index (χ1v) is 7.31. The zero-order valence-corrected chi connectivity index (χ0v) is 11.8. The second-order valence-corrected chi connectivity index (χ2v) is 5.91. The molecule has 2 heterocycles. The Morgan fingerprint density at radius 1 is 1.11 bits per heavy atom. The summed E-state index contributed by atoms with van der Waals surface area (Å²) in [6.45, 7) is 4.89. The Morgan fingerprint density at radius 2 is 1.74 bits per heavy atom. The van der Waals surface area contributed by atoms with Crippen LogP contribution in [0.3, 0.4) is 0 Å². The highest BCUT2D eigenvalue weighted by Gasteiger charge is 2.37. The monoisotopic (exact) mass is 268 g/mol. The van der Waals surface area contributed by atoms with E-state index in [1.165, 1.54) is 6.42 Å². The van der Waals surface area contributed by atoms with Gasteiger partial charge in [-0.1, -0.05) is 0 Å². The molecule has 5 heteroatoms. The van der Waals surface area contributed by atoms with Crippen molar-refractivity contribution in [3.05, 3.63) is 0 Å². The van der Waals surface area contributed by atoms with Crippen molar-refractivity contribution >= 4 is 12.0 Å². The van der Waals surface area contributed by atoms with Gasteiger partial charge in [-0.2, -0.15) is 0 Å². The molecular formula is C14H24N2O3. The van der Waals surface area contributed by atoms with Crippen LogP contribution in [-0.2, 0) is 4.79 Å². The van der Waals surface area contributed by atoms with Gasteiger partial charge in [0.15, 0.2) is 0 Å². The molecule has 0 aromatic heterocycles. The van der Waals surface area contributed by atoms with Gasteiger partial charge in [0.1, 0.15) is 0 Å². The number of aliphatic carboxylic acids is 1. The average Bonchev–Trinajstić information content (AvgIpc) is 2.75. The van der Waals surface area contributed by atoms with Gasteiger partial charge in [0, 0.05) is 24.7 Å². The minimum Gasteiger partial charge on any atom is -0.481 e. The van der Waals surface area contributed by atoms with Crippen molar-refractivity contribution in [2.24, 2.45) is 0 Å². The number of urea groups is 1. The van der Waals surface area contributed by atoms with Crippen LogP contribution in [0.25, 0.3) is 0 Å². The van der Waals surface area contributed by atoms with Crippen molar-refractivity contribution < 1.29 is 14.7 Å². The largest absolute Gasteiger partial charge is 0.481 e. The molecule has 3 atom stereocenters. The van der Waals surface area contributed by atoms with Crippen molar-refractivity contribution in [1.82, 2.24) is 9.80 Å². The molecule has 3 unspecified atom stereocenters. The maximum Gasteiger partial charge on any atom is 0.320 e. The zero-order valence-electron chi connectivity index (χ0n) is 11.8. The normalized spacial score (nSPS) is 31.6. The first kappa shape index (κ1) is 14.2. The van der Waals surface area contributed by atoms with Crippen molar-refractivity contribution in [1.29, 1.82) is 0 Å². The van der Waals surface area contributed by atoms with Gasteiger partial charge in [-0.05, 0) is 46.0 Å². The average molecular weight is 268 g/mol. The Kier molecular flexibility index (Phi) is 4.32. The topological polar surface area (TPSA) is 60.9 Å². The highest BCUT2D eigenvalue weighted by atomic mass is 16.4. The van der Waals surface area contributed by atoms with Crippen LogP contribution >= 0.6 is 0 Å². The Morgan fingerprint density at radius 3 is 2.32 bits per heavy atom. The smallest absolute Gasteiger partial charge is 0.320 e. The van der Waals surface area contributed by atoms with Crippen LogP contribution in [0.4, 0.5) is 4.79 Å². The number of hydrogen-bond donors (Lipinski definition) is 1. The lowest BCUT2D eigenvalue weighted by Gasteiger charge is -2.42. The van der Waals surface area contributed by atoms with Crippen LogP contribution in [0.2, 0.25) is 0 Å². The van der Waals surface area contributed by atoms with Gasteiger partial charge in [-0.15, -0.1) is 0 Å². The van der Waals surface area contributed by atoms with Crippen LogP contribution in [-0.4, -0.2) is 51.6 Å². The predicted octanol–water partition coefficient (Wildman–Crippen LogP) is 2.31. The van der Waals surface area contributed by atoms with E-state index in [4.69, 9.17) is 5.11 Å². The number of carbonyl (C=O) groups excluding carboxylic acids is 1. The molecule has 1 N–H and O–H groups in total. The lowest BCUT2D eigenvalue weighted by atomic mass is 9.98. The van der Waals surface area contributed by atoms with Crippen LogP contribution < -0.4 is 0 Å². The Balaban J connectivity index is 2.06. The van der Waals surface area contributed by atoms with E-state index in [1.807, 2.05) is 4.90 Å². The standard InChI is InChI=1S/C14H24N2O3/c1-10-5-3-6-11(2)16(10)14(19)15-8-4-7-12(15)9-13(17)18/h10-12H,3-9H2,1-2H3,(H,17,18). The van der Waals surface area contributed by atoms with Gasteiger partial charge in [0.25, 0.3) is 0 Å². The number of carbonyl (C=O) groups is 2. The summed E-state index contributed by atoms with van der Waals surface area (Å²) in [6, 6.07) is 0.458. The molecule has 2 saturated heterocycles. The third kappa shape index (κ3) is 3.01. The Labute approximate surface area is 114 Å². The molecule has 0 spiro atoms. The summed E-state index contributed by atoms with van der Waals surface area (Å²) < 4.78 is 0. The number of carboxylic acids is 1. The first-order valence-electron chi connectivity index (χ1n) is 7.31. The fraction of sp³-hybridized carbons (Fsp3) is 0.857. The molecule has 2 aliphatic rings. The molecule has 108 valence electrons. The van der Waals surface area contributed by atoms with Gasteiger partial charge in [-0.3, -0.25) is 4.79 Å². The van der Waals surface area contributed by atoms with Gasteiger partial charge in [0.05, 0.1) is 6.42 Å². The molecule has 0 aromatic carbocycles. The maximum absolute atomic E-state index is 12.7. The van der Waals surface area contributed by atoms with Gasteiger partial charge in [0.2, 0.25) is 0 Å². The molecule has 2 fully saturated rings. The van der Waals surface area contributed by atoms with Crippen LogP contribution in [0.5, 0.6) is 0 Å². The Bertz CT molecular complexity index is 349. The summed E-state index contributed by atoms with van der Waals surface area (Å²) in [5, 5.41) is 8.94. The number of piperidine rings is 1. The van der Waals surface area contributed by atoms with E-state index in [1.54, 1.807) is 4.90 Å². The summed E-state index contributed by atoms with van der Waals surface area (Å²) >= 11 is 0. The second kappa shape index (κ2) is 5.80. The summed E-state index contributed by atoms with van der Waals surface area (Å²) in [4.78, 5) is 27.3. The van der Waals surface area contributed by atoms with Crippen LogP contribution in [0.1, 0.15) is 52.4 Å². The van der Waals surface area contributed by atoms with Gasteiger partial charge in [-0.25, -0.2) is 4.79 Å². The molecule has 2 aliphatic heterocycles. The van der Waals surface area contributed by atoms with E-state index in [2.05, 4.69) is 13.8 Å². The SMILES string of the molecule is CC1CCCC(C)N1C(=O)N1CCCC1CC(=O)O. The van der Waals surface area contributed by atoms with E-state index >= 15 is 0 Å². The minimum atomic E-state index is -0.815. The molecule has 0 aliphatic carbocycles. The minimum absolute atomic E-state index is 0.0449. The number of hydrogen-bond acceptors (Lipinski definition) is 2. The number of likely N-dealkylation sites (tertiary alicyclic amines) is 2. The zero-order chi connectivity index (χ0) is 14.0. The van der Waals surface area contributed by atoms with Crippen LogP contribution in [0.15, 0.2) is 0 Å². The van der Waals surface area contributed by atoms with E-state index in [9.17, 15) is 9.59 Å². The van der Waals surface area contributed by atoms with Gasteiger partial charge < -0.3 is 14.9 Å². The lowest BCUT2D eigenvalue weighted by Crippen LogP contribution is -2.54. The maximum atomic E-state index is 12.7. The molecule has 5 nitrogen and oxygen atoms in total. The summed E-state index contributed by atoms with van der Waals surface area (Å²) in [7, 11) is 0. The van der Waals surface area contributed by atoms with E-state index < -0.39 is 5.97 Å². The van der Waals surface area contributed by atoms with Crippen molar-refractivity contribution in [3.8, 4) is 0 Å². The summed E-state index contributed by atoms with van der Waals surface area (Å²) in [5.74, 6) is -0.815. The third-order valence-corrected chi connectivity index (χ3v) is 4.45. The Hall–Kier alpha value is -1.26. The fourth-order valence-electron chi connectivity index (χ4n) is 3.45. The molecule has 0 aromatic rings. The number of amides is 2. The predicted molar refractivity (Wildman–Crippen MR) is 72.0 cm³/mol. The lowest BCUT2D eigenvalue weighted by molar-refractivity contribution is -0.138.